The van der Waals surface area contributed by atoms with Gasteiger partial charge >= 0.3 is 0 Å². The summed E-state index contributed by atoms with van der Waals surface area (Å²) in [5.41, 5.74) is 0. The van der Waals surface area contributed by atoms with E-state index in [2.05, 4.69) is 15.3 Å². The van der Waals surface area contributed by atoms with Crippen molar-refractivity contribution in [2.45, 2.75) is 31.0 Å². The number of hydrogen-bond acceptors (Lipinski definition) is 4. The molecule has 1 N–H and O–H groups in total. The van der Waals surface area contributed by atoms with Gasteiger partial charge in [0.25, 0.3) is 0 Å². The molecule has 0 aliphatic heterocycles. The van der Waals surface area contributed by atoms with Gasteiger partial charge in [-0.15, -0.1) is 11.8 Å². The van der Waals surface area contributed by atoms with Crippen LogP contribution in [0, 0.1) is 5.82 Å². The van der Waals surface area contributed by atoms with Gasteiger partial charge in [0, 0.05) is 11.8 Å². The van der Waals surface area contributed by atoms with Crippen LogP contribution in [0.4, 0.5) is 10.3 Å². The third kappa shape index (κ3) is 3.14. The summed E-state index contributed by atoms with van der Waals surface area (Å²) in [5.74, 6) is 0.127. The van der Waals surface area contributed by atoms with Gasteiger partial charge in [0.2, 0.25) is 5.95 Å². The average molecular weight is 215 g/mol. The van der Waals surface area contributed by atoms with E-state index in [1.807, 2.05) is 20.8 Å². The Morgan fingerprint density at radius 2 is 2.29 bits per heavy atom. The molecule has 0 bridgehead atoms. The second-order valence-corrected chi connectivity index (χ2v) is 4.61. The summed E-state index contributed by atoms with van der Waals surface area (Å²) in [6.07, 6.45) is 1.20. The van der Waals surface area contributed by atoms with E-state index in [9.17, 15) is 4.39 Å². The maximum Gasteiger partial charge on any atom is 0.223 e. The van der Waals surface area contributed by atoms with Crippen LogP contribution >= 0.6 is 11.8 Å². The molecule has 0 radical (unpaired) electrons. The van der Waals surface area contributed by atoms with Gasteiger partial charge < -0.3 is 5.32 Å². The molecule has 0 amide bonds. The van der Waals surface area contributed by atoms with Crippen molar-refractivity contribution in [3.8, 4) is 0 Å². The first-order valence-electron chi connectivity index (χ1n) is 4.56. The molecule has 1 aromatic heterocycles. The molecule has 0 unspecified atom stereocenters. The van der Waals surface area contributed by atoms with Crippen molar-refractivity contribution < 1.29 is 4.39 Å². The van der Waals surface area contributed by atoms with E-state index in [-0.39, 0.29) is 5.82 Å². The van der Waals surface area contributed by atoms with Gasteiger partial charge in [0.1, 0.15) is 5.03 Å². The van der Waals surface area contributed by atoms with Crippen molar-refractivity contribution in [1.82, 2.24) is 9.97 Å². The lowest BCUT2D eigenvalue weighted by atomic mass is 10.6. The van der Waals surface area contributed by atoms with E-state index in [1.165, 1.54) is 18.0 Å². The molecule has 0 saturated carbocycles. The van der Waals surface area contributed by atoms with Gasteiger partial charge in [-0.2, -0.15) is 0 Å². The summed E-state index contributed by atoms with van der Waals surface area (Å²) in [6, 6.07) is 0. The zero-order valence-electron chi connectivity index (χ0n) is 8.54. The molecule has 3 nitrogen and oxygen atoms in total. The van der Waals surface area contributed by atoms with E-state index < -0.39 is 0 Å². The van der Waals surface area contributed by atoms with Crippen LogP contribution in [0.15, 0.2) is 11.2 Å². The summed E-state index contributed by atoms with van der Waals surface area (Å²) in [7, 11) is 0. The molecule has 0 aromatic carbocycles. The number of nitrogens with zero attached hydrogens (tertiary/aromatic N) is 2. The lowest BCUT2D eigenvalue weighted by Crippen LogP contribution is -2.04. The predicted octanol–water partition coefficient (Wildman–Crippen LogP) is 2.55. The molecule has 1 rings (SSSR count). The third-order valence-corrected chi connectivity index (χ3v) is 2.38. The molecule has 0 saturated heterocycles. The minimum absolute atomic E-state index is 0.314. The Balaban J connectivity index is 2.84. The highest BCUT2D eigenvalue weighted by molar-refractivity contribution is 7.99. The highest BCUT2D eigenvalue weighted by atomic mass is 32.2. The van der Waals surface area contributed by atoms with Crippen LogP contribution in [-0.2, 0) is 0 Å². The molecule has 5 heteroatoms. The Hall–Kier alpha value is -0.840. The molecule has 0 aliphatic rings. The molecule has 0 atom stereocenters. The molecular weight excluding hydrogens is 201 g/mol. The van der Waals surface area contributed by atoms with E-state index in [4.69, 9.17) is 0 Å². The quantitative estimate of drug-likeness (QED) is 0.618. The normalized spacial score (nSPS) is 10.6. The zero-order valence-corrected chi connectivity index (χ0v) is 9.36. The van der Waals surface area contributed by atoms with Crippen LogP contribution < -0.4 is 5.32 Å². The van der Waals surface area contributed by atoms with Crippen LogP contribution in [0.3, 0.4) is 0 Å². The Morgan fingerprint density at radius 1 is 1.57 bits per heavy atom. The number of hydrogen-bond donors (Lipinski definition) is 1. The number of anilines is 1. The summed E-state index contributed by atoms with van der Waals surface area (Å²) >= 11 is 1.40. The van der Waals surface area contributed by atoms with Crippen molar-refractivity contribution in [2.24, 2.45) is 0 Å². The minimum Gasteiger partial charge on any atom is -0.354 e. The fraction of sp³-hybridized carbons (Fsp3) is 0.556. The van der Waals surface area contributed by atoms with Gasteiger partial charge in [-0.05, 0) is 6.92 Å². The van der Waals surface area contributed by atoms with Gasteiger partial charge in [-0.25, -0.2) is 14.4 Å². The lowest BCUT2D eigenvalue weighted by molar-refractivity contribution is 0.579. The number of halogens is 1. The summed E-state index contributed by atoms with van der Waals surface area (Å²) in [4.78, 5) is 7.89. The smallest absolute Gasteiger partial charge is 0.223 e. The fourth-order valence-corrected chi connectivity index (χ4v) is 1.65. The molecule has 14 heavy (non-hydrogen) atoms. The molecular formula is C9H14FN3S. The van der Waals surface area contributed by atoms with Gasteiger partial charge in [0.05, 0.1) is 6.20 Å². The number of rotatable bonds is 4. The summed E-state index contributed by atoms with van der Waals surface area (Å²) in [6.45, 7) is 6.68. The monoisotopic (exact) mass is 215 g/mol. The molecule has 0 fully saturated rings. The zero-order chi connectivity index (χ0) is 10.6. The first-order chi connectivity index (χ1) is 6.63. The van der Waals surface area contributed by atoms with E-state index in [0.717, 1.165) is 6.54 Å². The van der Waals surface area contributed by atoms with Crippen LogP contribution in [0.2, 0.25) is 0 Å². The molecule has 0 spiro atoms. The topological polar surface area (TPSA) is 37.8 Å². The largest absolute Gasteiger partial charge is 0.354 e. The predicted molar refractivity (Wildman–Crippen MR) is 57.1 cm³/mol. The minimum atomic E-state index is -0.356. The number of nitrogens with one attached hydrogen (secondary N) is 1. The van der Waals surface area contributed by atoms with Crippen molar-refractivity contribution >= 4 is 17.7 Å². The summed E-state index contributed by atoms with van der Waals surface area (Å²) < 4.78 is 13.2. The van der Waals surface area contributed by atoms with Crippen molar-refractivity contribution in [3.05, 3.63) is 12.0 Å². The summed E-state index contributed by atoms with van der Waals surface area (Å²) in [5, 5.41) is 3.67. The van der Waals surface area contributed by atoms with Gasteiger partial charge in [0.15, 0.2) is 5.82 Å². The van der Waals surface area contributed by atoms with Gasteiger partial charge in [-0.3, -0.25) is 0 Å². The molecule has 78 valence electrons. The van der Waals surface area contributed by atoms with Crippen LogP contribution in [0.1, 0.15) is 20.8 Å². The maximum atomic E-state index is 13.2. The second kappa shape index (κ2) is 5.14. The molecule has 1 aromatic rings. The number of aromatic nitrogens is 2. The lowest BCUT2D eigenvalue weighted by Gasteiger charge is -2.07. The Bertz CT molecular complexity index is 304. The average Bonchev–Trinajstić information content (AvgIpc) is 2.10. The third-order valence-electron chi connectivity index (χ3n) is 1.39. The Labute approximate surface area is 87.5 Å². The highest BCUT2D eigenvalue weighted by Gasteiger charge is 2.08. The SMILES string of the molecule is CCNc1ncc(F)c(SC(C)C)n1. The fourth-order valence-electron chi connectivity index (χ4n) is 0.901. The Morgan fingerprint density at radius 3 is 2.86 bits per heavy atom. The maximum absolute atomic E-state index is 13.2. The van der Waals surface area contributed by atoms with E-state index >= 15 is 0 Å². The standard InChI is InChI=1S/C9H14FN3S/c1-4-11-9-12-5-7(10)8(13-9)14-6(2)3/h5-6H,4H2,1-3H3,(H,11,12,13). The van der Waals surface area contributed by atoms with Crippen molar-refractivity contribution in [1.29, 1.82) is 0 Å². The second-order valence-electron chi connectivity index (χ2n) is 3.04. The van der Waals surface area contributed by atoms with Crippen LogP contribution in [0.5, 0.6) is 0 Å². The van der Waals surface area contributed by atoms with Gasteiger partial charge in [-0.1, -0.05) is 13.8 Å². The molecule has 0 aliphatic carbocycles. The van der Waals surface area contributed by atoms with Crippen LogP contribution in [0.25, 0.3) is 0 Å². The van der Waals surface area contributed by atoms with E-state index in [0.29, 0.717) is 16.2 Å². The van der Waals surface area contributed by atoms with Crippen molar-refractivity contribution in [2.75, 3.05) is 11.9 Å². The Kier molecular flexibility index (Phi) is 4.13. The first kappa shape index (κ1) is 11.2. The van der Waals surface area contributed by atoms with Crippen LogP contribution in [-0.4, -0.2) is 21.8 Å². The number of thioether (sulfide) groups is 1. The van der Waals surface area contributed by atoms with E-state index in [1.54, 1.807) is 0 Å². The molecule has 1 heterocycles. The van der Waals surface area contributed by atoms with Crippen molar-refractivity contribution in [3.63, 3.8) is 0 Å². The highest BCUT2D eigenvalue weighted by Crippen LogP contribution is 2.23. The first-order valence-corrected chi connectivity index (χ1v) is 5.44.